The van der Waals surface area contributed by atoms with Gasteiger partial charge in [0.15, 0.2) is 0 Å². The van der Waals surface area contributed by atoms with Crippen LogP contribution in [-0.2, 0) is 4.74 Å². The first-order valence-corrected chi connectivity index (χ1v) is 7.20. The molecular formula is C15H25N3O. The maximum Gasteiger partial charge on any atom is 0.128 e. The molecule has 2 N–H and O–H groups in total. The molecule has 4 nitrogen and oxygen atoms in total. The first-order valence-electron chi connectivity index (χ1n) is 7.20. The van der Waals surface area contributed by atoms with Gasteiger partial charge in [-0.25, -0.2) is 4.98 Å². The summed E-state index contributed by atoms with van der Waals surface area (Å²) >= 11 is 0. The van der Waals surface area contributed by atoms with E-state index in [2.05, 4.69) is 36.4 Å². The predicted molar refractivity (Wildman–Crippen MR) is 79.7 cm³/mol. The van der Waals surface area contributed by atoms with Crippen molar-refractivity contribution in [2.24, 2.45) is 0 Å². The molecule has 0 radical (unpaired) electrons. The fourth-order valence-corrected chi connectivity index (χ4v) is 2.43. The number of nitrogens with one attached hydrogen (secondary N) is 2. The Balaban J connectivity index is 1.94. The van der Waals surface area contributed by atoms with Crippen LogP contribution >= 0.6 is 0 Å². The monoisotopic (exact) mass is 263 g/mol. The Morgan fingerprint density at radius 3 is 2.89 bits per heavy atom. The average Bonchev–Trinajstić information content (AvgIpc) is 2.35. The summed E-state index contributed by atoms with van der Waals surface area (Å²) in [6, 6.07) is 6.52. The van der Waals surface area contributed by atoms with Crippen molar-refractivity contribution in [1.29, 1.82) is 0 Å². The molecule has 1 fully saturated rings. The molecule has 106 valence electrons. The van der Waals surface area contributed by atoms with E-state index >= 15 is 0 Å². The van der Waals surface area contributed by atoms with Crippen molar-refractivity contribution in [1.82, 2.24) is 4.98 Å². The molecule has 1 aromatic rings. The molecule has 0 aromatic carbocycles. The molecule has 0 saturated carbocycles. The smallest absolute Gasteiger partial charge is 0.128 e. The van der Waals surface area contributed by atoms with Gasteiger partial charge in [0.25, 0.3) is 0 Å². The van der Waals surface area contributed by atoms with Gasteiger partial charge in [0.1, 0.15) is 11.6 Å². The van der Waals surface area contributed by atoms with Gasteiger partial charge in [0.2, 0.25) is 0 Å². The standard InChI is InChI=1S/C15H25N3O/c1-4-9-16-13-6-5-7-14(18-13)17-12-8-10-19-15(2,3)11-12/h5-7,12H,4,8-11H2,1-3H3,(H2,16,17,18). The summed E-state index contributed by atoms with van der Waals surface area (Å²) in [6.07, 6.45) is 3.16. The summed E-state index contributed by atoms with van der Waals surface area (Å²) in [5.74, 6) is 1.89. The van der Waals surface area contributed by atoms with Crippen LogP contribution in [0.15, 0.2) is 18.2 Å². The van der Waals surface area contributed by atoms with E-state index < -0.39 is 0 Å². The molecule has 1 aliphatic heterocycles. The van der Waals surface area contributed by atoms with Crippen LogP contribution < -0.4 is 10.6 Å². The van der Waals surface area contributed by atoms with Gasteiger partial charge in [-0.2, -0.15) is 0 Å². The molecule has 0 amide bonds. The molecule has 4 heteroatoms. The molecule has 1 unspecified atom stereocenters. The molecule has 2 heterocycles. The zero-order chi connectivity index (χ0) is 13.7. The lowest BCUT2D eigenvalue weighted by atomic mass is 9.94. The topological polar surface area (TPSA) is 46.2 Å². The molecular weight excluding hydrogens is 238 g/mol. The van der Waals surface area contributed by atoms with Crippen LogP contribution in [0.2, 0.25) is 0 Å². The van der Waals surface area contributed by atoms with Gasteiger partial charge in [-0.15, -0.1) is 0 Å². The van der Waals surface area contributed by atoms with Crippen molar-refractivity contribution in [2.45, 2.75) is 51.7 Å². The third-order valence-electron chi connectivity index (χ3n) is 3.35. The van der Waals surface area contributed by atoms with E-state index in [0.717, 1.165) is 44.0 Å². The Labute approximate surface area is 116 Å². The van der Waals surface area contributed by atoms with Crippen molar-refractivity contribution in [2.75, 3.05) is 23.8 Å². The van der Waals surface area contributed by atoms with Gasteiger partial charge < -0.3 is 15.4 Å². The van der Waals surface area contributed by atoms with Crippen LogP contribution in [0.4, 0.5) is 11.6 Å². The highest BCUT2D eigenvalue weighted by Crippen LogP contribution is 2.26. The Morgan fingerprint density at radius 1 is 1.37 bits per heavy atom. The molecule has 1 aliphatic rings. The molecule has 0 aliphatic carbocycles. The Hall–Kier alpha value is -1.29. The molecule has 0 bridgehead atoms. The van der Waals surface area contributed by atoms with Gasteiger partial charge in [-0.1, -0.05) is 13.0 Å². The summed E-state index contributed by atoms with van der Waals surface area (Å²) in [6.45, 7) is 8.22. The third kappa shape index (κ3) is 4.39. The van der Waals surface area contributed by atoms with Crippen molar-refractivity contribution < 1.29 is 4.74 Å². The van der Waals surface area contributed by atoms with Crippen molar-refractivity contribution in [3.63, 3.8) is 0 Å². The average molecular weight is 263 g/mol. The molecule has 1 aromatic heterocycles. The SMILES string of the molecule is CCCNc1cccc(NC2CCOC(C)(C)C2)n1. The van der Waals surface area contributed by atoms with E-state index in [1.54, 1.807) is 0 Å². The summed E-state index contributed by atoms with van der Waals surface area (Å²) in [4.78, 5) is 4.59. The predicted octanol–water partition coefficient (Wildman–Crippen LogP) is 3.27. The van der Waals surface area contributed by atoms with Crippen molar-refractivity contribution in [3.05, 3.63) is 18.2 Å². The first kappa shape index (κ1) is 14.1. The van der Waals surface area contributed by atoms with Gasteiger partial charge in [0, 0.05) is 19.2 Å². The zero-order valence-electron chi connectivity index (χ0n) is 12.2. The normalized spacial score (nSPS) is 21.9. The summed E-state index contributed by atoms with van der Waals surface area (Å²) < 4.78 is 5.74. The maximum absolute atomic E-state index is 5.74. The lowest BCUT2D eigenvalue weighted by Gasteiger charge is -2.36. The second-order valence-corrected chi connectivity index (χ2v) is 5.78. The minimum absolute atomic E-state index is 0.0337. The highest BCUT2D eigenvalue weighted by Gasteiger charge is 2.28. The van der Waals surface area contributed by atoms with Gasteiger partial charge in [-0.05, 0) is 45.2 Å². The van der Waals surface area contributed by atoms with Crippen LogP contribution in [-0.4, -0.2) is 29.8 Å². The lowest BCUT2D eigenvalue weighted by molar-refractivity contribution is -0.0553. The number of anilines is 2. The minimum atomic E-state index is -0.0337. The number of rotatable bonds is 5. The molecule has 1 saturated heterocycles. The van der Waals surface area contributed by atoms with Gasteiger partial charge in [-0.3, -0.25) is 0 Å². The molecule has 1 atom stereocenters. The Morgan fingerprint density at radius 2 is 2.16 bits per heavy atom. The molecule has 19 heavy (non-hydrogen) atoms. The van der Waals surface area contributed by atoms with Crippen LogP contribution in [0.3, 0.4) is 0 Å². The summed E-state index contributed by atoms with van der Waals surface area (Å²) in [5, 5.41) is 6.83. The second kappa shape index (κ2) is 6.24. The fraction of sp³-hybridized carbons (Fsp3) is 0.667. The number of hydrogen-bond acceptors (Lipinski definition) is 4. The van der Waals surface area contributed by atoms with Crippen molar-refractivity contribution >= 4 is 11.6 Å². The summed E-state index contributed by atoms with van der Waals surface area (Å²) in [7, 11) is 0. The lowest BCUT2D eigenvalue weighted by Crippen LogP contribution is -2.40. The van der Waals surface area contributed by atoms with Gasteiger partial charge in [0.05, 0.1) is 5.60 Å². The number of nitrogens with zero attached hydrogens (tertiary/aromatic N) is 1. The van der Waals surface area contributed by atoms with Crippen LogP contribution in [0.5, 0.6) is 0 Å². The largest absolute Gasteiger partial charge is 0.375 e. The zero-order valence-corrected chi connectivity index (χ0v) is 12.2. The van der Waals surface area contributed by atoms with Crippen molar-refractivity contribution in [3.8, 4) is 0 Å². The Bertz CT molecular complexity index is 406. The van der Waals surface area contributed by atoms with E-state index in [9.17, 15) is 0 Å². The van der Waals surface area contributed by atoms with E-state index in [4.69, 9.17) is 4.74 Å². The highest BCUT2D eigenvalue weighted by molar-refractivity contribution is 5.45. The van der Waals surface area contributed by atoms with Crippen LogP contribution in [0.25, 0.3) is 0 Å². The maximum atomic E-state index is 5.74. The number of hydrogen-bond donors (Lipinski definition) is 2. The van der Waals surface area contributed by atoms with Crippen LogP contribution in [0.1, 0.15) is 40.0 Å². The number of ether oxygens (including phenoxy) is 1. The highest BCUT2D eigenvalue weighted by atomic mass is 16.5. The van der Waals surface area contributed by atoms with E-state index in [-0.39, 0.29) is 5.60 Å². The van der Waals surface area contributed by atoms with Gasteiger partial charge >= 0.3 is 0 Å². The Kier molecular flexibility index (Phi) is 4.64. The minimum Gasteiger partial charge on any atom is -0.375 e. The van der Waals surface area contributed by atoms with E-state index in [1.165, 1.54) is 0 Å². The quantitative estimate of drug-likeness (QED) is 0.856. The van der Waals surface area contributed by atoms with Crippen LogP contribution in [0, 0.1) is 0 Å². The second-order valence-electron chi connectivity index (χ2n) is 5.78. The van der Waals surface area contributed by atoms with E-state index in [1.807, 2.05) is 18.2 Å². The fourth-order valence-electron chi connectivity index (χ4n) is 2.43. The van der Waals surface area contributed by atoms with E-state index in [0.29, 0.717) is 6.04 Å². The number of pyridine rings is 1. The molecule has 0 spiro atoms. The summed E-state index contributed by atoms with van der Waals surface area (Å²) in [5.41, 5.74) is -0.0337. The third-order valence-corrected chi connectivity index (χ3v) is 3.35. The first-order chi connectivity index (χ1) is 9.09. The molecule has 2 rings (SSSR count). The number of aromatic nitrogens is 1.